The van der Waals surface area contributed by atoms with Crippen molar-refractivity contribution in [3.8, 4) is 0 Å². The summed E-state index contributed by atoms with van der Waals surface area (Å²) in [5.74, 6) is -0.195. The van der Waals surface area contributed by atoms with Gasteiger partial charge in [0.1, 0.15) is 0 Å². The van der Waals surface area contributed by atoms with Crippen LogP contribution in [0.3, 0.4) is 0 Å². The van der Waals surface area contributed by atoms with Gasteiger partial charge in [0, 0.05) is 31.9 Å². The fourth-order valence-electron chi connectivity index (χ4n) is 3.62. The van der Waals surface area contributed by atoms with Crippen molar-refractivity contribution in [1.82, 2.24) is 9.62 Å². The number of carbonyl (C=O) groups is 1. The average molecular weight is 416 g/mol. The van der Waals surface area contributed by atoms with Crippen molar-refractivity contribution in [2.24, 2.45) is 0 Å². The second kappa shape index (κ2) is 8.55. The van der Waals surface area contributed by atoms with Crippen molar-refractivity contribution >= 4 is 21.6 Å². The summed E-state index contributed by atoms with van der Waals surface area (Å²) < 4.78 is 27.7. The van der Waals surface area contributed by atoms with Gasteiger partial charge in [-0.2, -0.15) is 0 Å². The SMILES string of the molecule is Cc1ccc(C)c(S(=O)(=O)NCC(=O)N2CCN(c3cccc(C)c3C)CC2)c1. The van der Waals surface area contributed by atoms with Gasteiger partial charge in [0.05, 0.1) is 11.4 Å². The third-order valence-electron chi connectivity index (χ3n) is 5.60. The molecule has 6 nitrogen and oxygen atoms in total. The predicted octanol–water partition coefficient (Wildman–Crippen LogP) is 2.55. The van der Waals surface area contributed by atoms with Crippen LogP contribution in [0.5, 0.6) is 0 Å². The first kappa shape index (κ1) is 21.3. The van der Waals surface area contributed by atoms with Crippen LogP contribution in [-0.2, 0) is 14.8 Å². The second-order valence-corrected chi connectivity index (χ2v) is 9.42. The van der Waals surface area contributed by atoms with Gasteiger partial charge in [0.25, 0.3) is 0 Å². The summed E-state index contributed by atoms with van der Waals surface area (Å²) in [7, 11) is -3.72. The minimum absolute atomic E-state index is 0.195. The largest absolute Gasteiger partial charge is 0.368 e. The van der Waals surface area contributed by atoms with E-state index in [1.165, 1.54) is 16.8 Å². The lowest BCUT2D eigenvalue weighted by molar-refractivity contribution is -0.130. The first-order valence-corrected chi connectivity index (χ1v) is 11.3. The minimum Gasteiger partial charge on any atom is -0.368 e. The highest BCUT2D eigenvalue weighted by Gasteiger charge is 2.24. The Hall–Kier alpha value is -2.38. The summed E-state index contributed by atoms with van der Waals surface area (Å²) >= 11 is 0. The van der Waals surface area contributed by atoms with Crippen LogP contribution in [0.4, 0.5) is 5.69 Å². The summed E-state index contributed by atoms with van der Waals surface area (Å²) in [4.78, 5) is 16.8. The number of benzene rings is 2. The fraction of sp³-hybridized carbons (Fsp3) is 0.409. The molecule has 0 saturated carbocycles. The normalized spacial score (nSPS) is 14.9. The highest BCUT2D eigenvalue weighted by atomic mass is 32.2. The van der Waals surface area contributed by atoms with Crippen molar-refractivity contribution in [1.29, 1.82) is 0 Å². The molecule has 1 heterocycles. The standard InChI is InChI=1S/C22H29N3O3S/c1-16-8-9-18(3)21(14-16)29(27,28)23-15-22(26)25-12-10-24(11-13-25)20-7-5-6-17(2)19(20)4/h5-9,14,23H,10-13,15H2,1-4H3. The number of anilines is 1. The lowest BCUT2D eigenvalue weighted by atomic mass is 10.1. The van der Waals surface area contributed by atoms with E-state index in [9.17, 15) is 13.2 Å². The number of hydrogen-bond acceptors (Lipinski definition) is 4. The number of nitrogens with one attached hydrogen (secondary N) is 1. The summed E-state index contributed by atoms with van der Waals surface area (Å²) in [5, 5.41) is 0. The van der Waals surface area contributed by atoms with Crippen LogP contribution < -0.4 is 9.62 Å². The number of aryl methyl sites for hydroxylation is 3. The van der Waals surface area contributed by atoms with Gasteiger partial charge in [-0.25, -0.2) is 13.1 Å². The van der Waals surface area contributed by atoms with E-state index >= 15 is 0 Å². The van der Waals surface area contributed by atoms with Gasteiger partial charge in [-0.15, -0.1) is 0 Å². The number of rotatable bonds is 5. The molecule has 7 heteroatoms. The number of nitrogens with zero attached hydrogens (tertiary/aromatic N) is 2. The molecule has 0 radical (unpaired) electrons. The van der Waals surface area contributed by atoms with Crippen LogP contribution in [0, 0.1) is 27.7 Å². The molecular weight excluding hydrogens is 386 g/mol. The lowest BCUT2D eigenvalue weighted by Crippen LogP contribution is -2.51. The van der Waals surface area contributed by atoms with Gasteiger partial charge < -0.3 is 9.80 Å². The molecule has 2 aromatic rings. The van der Waals surface area contributed by atoms with Crippen molar-refractivity contribution in [2.75, 3.05) is 37.6 Å². The average Bonchev–Trinajstić information content (AvgIpc) is 2.70. The first-order chi connectivity index (χ1) is 13.7. The van der Waals surface area contributed by atoms with Gasteiger partial charge in [-0.1, -0.05) is 24.3 Å². The van der Waals surface area contributed by atoms with E-state index in [-0.39, 0.29) is 17.3 Å². The smallest absolute Gasteiger partial charge is 0.241 e. The molecule has 0 bridgehead atoms. The molecule has 0 spiro atoms. The zero-order valence-corrected chi connectivity index (χ0v) is 18.3. The van der Waals surface area contributed by atoms with Crippen LogP contribution in [0.2, 0.25) is 0 Å². The van der Waals surface area contributed by atoms with Gasteiger partial charge in [-0.3, -0.25) is 4.79 Å². The molecule has 1 fully saturated rings. The predicted molar refractivity (Wildman–Crippen MR) is 116 cm³/mol. The second-order valence-electron chi connectivity index (χ2n) is 7.68. The lowest BCUT2D eigenvalue weighted by Gasteiger charge is -2.37. The number of piperazine rings is 1. The molecule has 2 aromatic carbocycles. The molecule has 0 unspecified atom stereocenters. The Morgan fingerprint density at radius 3 is 2.34 bits per heavy atom. The number of hydrogen-bond donors (Lipinski definition) is 1. The Morgan fingerprint density at radius 1 is 0.966 bits per heavy atom. The quantitative estimate of drug-likeness (QED) is 0.815. The molecule has 1 aliphatic heterocycles. The molecular formula is C22H29N3O3S. The molecule has 1 aliphatic rings. The molecule has 1 N–H and O–H groups in total. The molecule has 156 valence electrons. The topological polar surface area (TPSA) is 69.7 Å². The summed E-state index contributed by atoms with van der Waals surface area (Å²) in [6.07, 6.45) is 0. The van der Waals surface area contributed by atoms with E-state index < -0.39 is 10.0 Å². The van der Waals surface area contributed by atoms with E-state index in [1.54, 1.807) is 24.0 Å². The monoisotopic (exact) mass is 415 g/mol. The Balaban J connectivity index is 1.59. The Morgan fingerprint density at radius 2 is 1.66 bits per heavy atom. The van der Waals surface area contributed by atoms with Gasteiger partial charge in [0.2, 0.25) is 15.9 Å². The van der Waals surface area contributed by atoms with Crippen LogP contribution in [0.1, 0.15) is 22.3 Å². The zero-order valence-electron chi connectivity index (χ0n) is 17.5. The molecule has 0 atom stereocenters. The maximum atomic E-state index is 12.6. The summed E-state index contributed by atoms with van der Waals surface area (Å²) in [5.41, 5.74) is 5.24. The third-order valence-corrected chi connectivity index (χ3v) is 7.14. The third kappa shape index (κ3) is 4.79. The Labute approximate surface area is 173 Å². The van der Waals surface area contributed by atoms with E-state index in [0.29, 0.717) is 18.7 Å². The van der Waals surface area contributed by atoms with E-state index in [1.807, 2.05) is 13.0 Å². The molecule has 0 aromatic heterocycles. The maximum Gasteiger partial charge on any atom is 0.241 e. The van der Waals surface area contributed by atoms with Crippen LogP contribution in [0.15, 0.2) is 41.3 Å². The van der Waals surface area contributed by atoms with Gasteiger partial charge in [0.15, 0.2) is 0 Å². The van der Waals surface area contributed by atoms with Gasteiger partial charge >= 0.3 is 0 Å². The fourth-order valence-corrected chi connectivity index (χ4v) is 4.92. The van der Waals surface area contributed by atoms with E-state index in [0.717, 1.165) is 18.7 Å². The summed E-state index contributed by atoms with van der Waals surface area (Å²) in [6.45, 7) is 10.2. The number of sulfonamides is 1. The van der Waals surface area contributed by atoms with Crippen LogP contribution in [0.25, 0.3) is 0 Å². The highest BCUT2D eigenvalue weighted by molar-refractivity contribution is 7.89. The van der Waals surface area contributed by atoms with Crippen molar-refractivity contribution in [3.05, 3.63) is 58.7 Å². The highest BCUT2D eigenvalue weighted by Crippen LogP contribution is 2.24. The Kier molecular flexibility index (Phi) is 6.29. The molecule has 0 aliphatic carbocycles. The number of amides is 1. The van der Waals surface area contributed by atoms with Crippen LogP contribution >= 0.6 is 0 Å². The molecule has 1 saturated heterocycles. The van der Waals surface area contributed by atoms with Crippen LogP contribution in [-0.4, -0.2) is 51.9 Å². The molecule has 29 heavy (non-hydrogen) atoms. The first-order valence-electron chi connectivity index (χ1n) is 9.85. The van der Waals surface area contributed by atoms with E-state index in [4.69, 9.17) is 0 Å². The Bertz CT molecular complexity index is 1010. The van der Waals surface area contributed by atoms with Crippen molar-refractivity contribution in [2.45, 2.75) is 32.6 Å². The minimum atomic E-state index is -3.72. The van der Waals surface area contributed by atoms with Crippen molar-refractivity contribution in [3.63, 3.8) is 0 Å². The maximum absolute atomic E-state index is 12.6. The zero-order chi connectivity index (χ0) is 21.2. The van der Waals surface area contributed by atoms with Crippen molar-refractivity contribution < 1.29 is 13.2 Å². The van der Waals surface area contributed by atoms with E-state index in [2.05, 4.69) is 41.7 Å². The summed E-state index contributed by atoms with van der Waals surface area (Å²) in [6, 6.07) is 11.5. The van der Waals surface area contributed by atoms with Gasteiger partial charge in [-0.05, 0) is 62.1 Å². The molecule has 3 rings (SSSR count). The molecule has 1 amide bonds. The number of carbonyl (C=O) groups excluding carboxylic acids is 1.